The lowest BCUT2D eigenvalue weighted by atomic mass is 10.1. The van der Waals surface area contributed by atoms with Gasteiger partial charge in [0, 0.05) is 19.6 Å². The summed E-state index contributed by atoms with van der Waals surface area (Å²) in [6, 6.07) is 9.71. The third-order valence-corrected chi connectivity index (χ3v) is 2.90. The topological polar surface area (TPSA) is 29.3 Å². The van der Waals surface area contributed by atoms with Crippen molar-refractivity contribution in [1.82, 2.24) is 4.90 Å². The summed E-state index contributed by atoms with van der Waals surface area (Å²) in [5.74, 6) is -1.45. The second kappa shape index (κ2) is 6.75. The molecular formula is C13H19F3N2. The number of nitrogens with two attached hydrogens (primary N) is 1. The lowest BCUT2D eigenvalue weighted by molar-refractivity contribution is -0.175. The molecule has 1 unspecified atom stereocenters. The van der Waals surface area contributed by atoms with Crippen LogP contribution in [0.4, 0.5) is 13.2 Å². The predicted molar refractivity (Wildman–Crippen MR) is 66.2 cm³/mol. The second-order valence-electron chi connectivity index (χ2n) is 4.47. The van der Waals surface area contributed by atoms with Gasteiger partial charge in [0.2, 0.25) is 0 Å². The number of alkyl halides is 3. The number of halogens is 3. The second-order valence-corrected chi connectivity index (χ2v) is 4.47. The van der Waals surface area contributed by atoms with Crippen LogP contribution in [0.1, 0.15) is 5.56 Å². The summed E-state index contributed by atoms with van der Waals surface area (Å²) in [6.07, 6.45) is -3.47. The van der Waals surface area contributed by atoms with Crippen molar-refractivity contribution >= 4 is 0 Å². The highest BCUT2D eigenvalue weighted by atomic mass is 19.4. The summed E-state index contributed by atoms with van der Waals surface area (Å²) in [5.41, 5.74) is 6.29. The molecule has 0 saturated carbocycles. The molecule has 0 bridgehead atoms. The normalized spacial score (nSPS) is 13.9. The van der Waals surface area contributed by atoms with E-state index in [1.54, 1.807) is 11.9 Å². The fourth-order valence-corrected chi connectivity index (χ4v) is 1.74. The summed E-state index contributed by atoms with van der Waals surface area (Å²) in [5, 5.41) is 0. The Bertz CT molecular complexity index is 338. The Hall–Kier alpha value is -1.07. The van der Waals surface area contributed by atoms with Crippen LogP contribution in [0, 0.1) is 5.92 Å². The molecule has 0 heterocycles. The molecule has 102 valence electrons. The van der Waals surface area contributed by atoms with Gasteiger partial charge >= 0.3 is 6.18 Å². The maximum atomic E-state index is 12.5. The Labute approximate surface area is 106 Å². The van der Waals surface area contributed by atoms with Gasteiger partial charge in [0.1, 0.15) is 0 Å². The van der Waals surface area contributed by atoms with E-state index in [1.807, 2.05) is 30.3 Å². The molecule has 2 N–H and O–H groups in total. The van der Waals surface area contributed by atoms with Gasteiger partial charge in [-0.15, -0.1) is 0 Å². The molecule has 1 atom stereocenters. The van der Waals surface area contributed by atoms with E-state index in [-0.39, 0.29) is 13.1 Å². The minimum absolute atomic E-state index is 0.0488. The molecule has 0 fully saturated rings. The van der Waals surface area contributed by atoms with Crippen LogP contribution in [-0.2, 0) is 6.42 Å². The van der Waals surface area contributed by atoms with Crippen molar-refractivity contribution in [2.75, 3.05) is 26.7 Å². The molecule has 2 nitrogen and oxygen atoms in total. The molecule has 0 aromatic heterocycles. The maximum absolute atomic E-state index is 12.5. The molecule has 0 saturated heterocycles. The predicted octanol–water partition coefficient (Wildman–Crippen LogP) is 2.30. The van der Waals surface area contributed by atoms with Crippen LogP contribution < -0.4 is 5.73 Å². The third kappa shape index (κ3) is 5.06. The van der Waals surface area contributed by atoms with Crippen molar-refractivity contribution in [3.8, 4) is 0 Å². The fraction of sp³-hybridized carbons (Fsp3) is 0.538. The van der Waals surface area contributed by atoms with Crippen molar-refractivity contribution in [1.29, 1.82) is 0 Å². The first-order chi connectivity index (χ1) is 8.43. The molecule has 0 aliphatic heterocycles. The van der Waals surface area contributed by atoms with Crippen LogP contribution in [0.2, 0.25) is 0 Å². The van der Waals surface area contributed by atoms with E-state index in [0.717, 1.165) is 12.0 Å². The van der Waals surface area contributed by atoms with Gasteiger partial charge in [-0.1, -0.05) is 30.3 Å². The average molecular weight is 260 g/mol. The molecule has 0 spiro atoms. The number of hydrogen-bond donors (Lipinski definition) is 1. The molecule has 0 aliphatic carbocycles. The number of rotatable bonds is 6. The zero-order valence-electron chi connectivity index (χ0n) is 10.5. The van der Waals surface area contributed by atoms with E-state index in [2.05, 4.69) is 0 Å². The molecule has 1 aromatic rings. The van der Waals surface area contributed by atoms with Gasteiger partial charge in [-0.25, -0.2) is 0 Å². The Morgan fingerprint density at radius 2 is 1.83 bits per heavy atom. The zero-order valence-corrected chi connectivity index (χ0v) is 10.5. The number of benzene rings is 1. The highest BCUT2D eigenvalue weighted by Crippen LogP contribution is 2.25. The van der Waals surface area contributed by atoms with Gasteiger partial charge in [0.15, 0.2) is 0 Å². The van der Waals surface area contributed by atoms with E-state index in [9.17, 15) is 13.2 Å². The van der Waals surface area contributed by atoms with Crippen LogP contribution in [-0.4, -0.2) is 37.8 Å². The van der Waals surface area contributed by atoms with E-state index in [0.29, 0.717) is 6.54 Å². The molecule has 0 radical (unpaired) electrons. The first-order valence-electron chi connectivity index (χ1n) is 5.92. The van der Waals surface area contributed by atoms with Crippen LogP contribution in [0.25, 0.3) is 0 Å². The highest BCUT2D eigenvalue weighted by molar-refractivity contribution is 5.14. The van der Waals surface area contributed by atoms with Crippen LogP contribution in [0.5, 0.6) is 0 Å². The van der Waals surface area contributed by atoms with Gasteiger partial charge in [-0.2, -0.15) is 13.2 Å². The van der Waals surface area contributed by atoms with E-state index >= 15 is 0 Å². The number of hydrogen-bond acceptors (Lipinski definition) is 2. The molecule has 0 aliphatic rings. The average Bonchev–Trinajstić information content (AvgIpc) is 2.33. The molecule has 18 heavy (non-hydrogen) atoms. The Balaban J connectivity index is 2.39. The molecule has 1 rings (SSSR count). The quantitative estimate of drug-likeness (QED) is 0.850. The third-order valence-electron chi connectivity index (χ3n) is 2.90. The van der Waals surface area contributed by atoms with Crippen LogP contribution in [0.3, 0.4) is 0 Å². The lowest BCUT2D eigenvalue weighted by Crippen LogP contribution is -2.40. The monoisotopic (exact) mass is 260 g/mol. The fourth-order valence-electron chi connectivity index (χ4n) is 1.74. The number of nitrogens with zero attached hydrogens (tertiary/aromatic N) is 1. The van der Waals surface area contributed by atoms with Gasteiger partial charge in [-0.05, 0) is 19.0 Å². The molecule has 5 heteroatoms. The summed E-state index contributed by atoms with van der Waals surface area (Å²) in [4.78, 5) is 1.68. The minimum Gasteiger partial charge on any atom is -0.330 e. The van der Waals surface area contributed by atoms with Gasteiger partial charge in [0.25, 0.3) is 0 Å². The first-order valence-corrected chi connectivity index (χ1v) is 5.92. The van der Waals surface area contributed by atoms with E-state index in [4.69, 9.17) is 5.73 Å². The smallest absolute Gasteiger partial charge is 0.330 e. The zero-order chi connectivity index (χ0) is 13.6. The Morgan fingerprint density at radius 3 is 2.33 bits per heavy atom. The summed E-state index contributed by atoms with van der Waals surface area (Å²) < 4.78 is 37.6. The summed E-state index contributed by atoms with van der Waals surface area (Å²) >= 11 is 0. The number of likely N-dealkylation sites (N-methyl/N-ethyl adjacent to an activating group) is 1. The van der Waals surface area contributed by atoms with Crippen LogP contribution in [0.15, 0.2) is 30.3 Å². The van der Waals surface area contributed by atoms with Crippen molar-refractivity contribution < 1.29 is 13.2 Å². The Kier molecular flexibility index (Phi) is 5.62. The SMILES string of the molecule is CN(CCc1ccccc1)CC(CN)C(F)(F)F. The van der Waals surface area contributed by atoms with Gasteiger partial charge in [-0.3, -0.25) is 0 Å². The Morgan fingerprint density at radius 1 is 1.22 bits per heavy atom. The molecule has 1 aromatic carbocycles. The molecular weight excluding hydrogens is 241 g/mol. The standard InChI is InChI=1S/C13H19F3N2/c1-18(10-12(9-17)13(14,15)16)8-7-11-5-3-2-4-6-11/h2-6,12H,7-10,17H2,1H3. The van der Waals surface area contributed by atoms with Crippen molar-refractivity contribution in [2.45, 2.75) is 12.6 Å². The van der Waals surface area contributed by atoms with E-state index in [1.165, 1.54) is 0 Å². The van der Waals surface area contributed by atoms with Crippen molar-refractivity contribution in [3.63, 3.8) is 0 Å². The van der Waals surface area contributed by atoms with Crippen LogP contribution >= 0.6 is 0 Å². The first kappa shape index (κ1) is 15.0. The summed E-state index contributed by atoms with van der Waals surface area (Å²) in [7, 11) is 1.69. The van der Waals surface area contributed by atoms with Gasteiger partial charge < -0.3 is 10.6 Å². The lowest BCUT2D eigenvalue weighted by Gasteiger charge is -2.24. The van der Waals surface area contributed by atoms with Crippen molar-refractivity contribution in [3.05, 3.63) is 35.9 Å². The van der Waals surface area contributed by atoms with Gasteiger partial charge in [0.05, 0.1) is 5.92 Å². The maximum Gasteiger partial charge on any atom is 0.394 e. The van der Waals surface area contributed by atoms with Crippen molar-refractivity contribution in [2.24, 2.45) is 11.7 Å². The summed E-state index contributed by atoms with van der Waals surface area (Å²) in [6.45, 7) is 0.183. The highest BCUT2D eigenvalue weighted by Gasteiger charge is 2.38. The van der Waals surface area contributed by atoms with E-state index < -0.39 is 12.1 Å². The minimum atomic E-state index is -4.21. The molecule has 0 amide bonds. The largest absolute Gasteiger partial charge is 0.394 e.